The summed E-state index contributed by atoms with van der Waals surface area (Å²) in [5, 5.41) is 5.10. The van der Waals surface area contributed by atoms with E-state index in [2.05, 4.69) is 5.32 Å². The normalized spacial score (nSPS) is 16.8. The van der Waals surface area contributed by atoms with Gasteiger partial charge in [-0.15, -0.1) is 23.1 Å². The summed E-state index contributed by atoms with van der Waals surface area (Å²) in [6, 6.07) is 19.3. The van der Waals surface area contributed by atoms with Crippen LogP contribution < -0.4 is 10.2 Å². The standard InChI is InChI=1S/C23H21ClN2O2S2/c1-15(22(27)25-13-18-8-5-11-29-18)21-23(28)26(14-16-6-4-7-17(24)12-16)19-9-2-3-10-20(19)30-21/h2-12,15,21H,13-14H2,1H3,(H,25,27)/t15-,21-/m0/s1. The minimum Gasteiger partial charge on any atom is -0.351 e. The molecular weight excluding hydrogens is 436 g/mol. The van der Waals surface area contributed by atoms with Gasteiger partial charge in [0.05, 0.1) is 24.7 Å². The van der Waals surface area contributed by atoms with Crippen LogP contribution in [-0.2, 0) is 22.7 Å². The minimum atomic E-state index is -0.484. The van der Waals surface area contributed by atoms with E-state index in [0.717, 1.165) is 21.0 Å². The Hall–Kier alpha value is -2.28. The van der Waals surface area contributed by atoms with E-state index in [0.29, 0.717) is 18.1 Å². The molecule has 0 saturated carbocycles. The van der Waals surface area contributed by atoms with Crippen LogP contribution in [0.15, 0.2) is 70.9 Å². The SMILES string of the molecule is C[C@H](C(=O)NCc1cccs1)[C@@H]1Sc2ccccc2N(Cc2cccc(Cl)c2)C1=O. The second-order valence-electron chi connectivity index (χ2n) is 7.15. The van der Waals surface area contributed by atoms with Gasteiger partial charge < -0.3 is 10.2 Å². The van der Waals surface area contributed by atoms with Gasteiger partial charge in [0.1, 0.15) is 5.25 Å². The Morgan fingerprint density at radius 1 is 1.17 bits per heavy atom. The highest BCUT2D eigenvalue weighted by Crippen LogP contribution is 2.42. The third kappa shape index (κ3) is 4.56. The molecule has 2 aromatic carbocycles. The van der Waals surface area contributed by atoms with Crippen LogP contribution in [0.5, 0.6) is 0 Å². The van der Waals surface area contributed by atoms with E-state index in [-0.39, 0.29) is 11.8 Å². The highest BCUT2D eigenvalue weighted by molar-refractivity contribution is 8.01. The van der Waals surface area contributed by atoms with E-state index < -0.39 is 11.2 Å². The van der Waals surface area contributed by atoms with E-state index in [1.165, 1.54) is 11.8 Å². The number of rotatable bonds is 6. The molecule has 0 saturated heterocycles. The number of carbonyl (C=O) groups excluding carboxylic acids is 2. The Bertz CT molecular complexity index is 1050. The first kappa shape index (κ1) is 21.0. The summed E-state index contributed by atoms with van der Waals surface area (Å²) in [5.41, 5.74) is 1.82. The molecule has 0 radical (unpaired) electrons. The van der Waals surface area contributed by atoms with Gasteiger partial charge in [0.25, 0.3) is 0 Å². The zero-order chi connectivity index (χ0) is 21.1. The van der Waals surface area contributed by atoms with Gasteiger partial charge in [-0.25, -0.2) is 0 Å². The molecule has 2 amide bonds. The number of amides is 2. The van der Waals surface area contributed by atoms with E-state index in [1.54, 1.807) is 16.2 Å². The molecule has 1 N–H and O–H groups in total. The number of thiophene rings is 1. The van der Waals surface area contributed by atoms with Crippen molar-refractivity contribution in [2.24, 2.45) is 5.92 Å². The third-order valence-corrected chi connectivity index (χ3v) is 7.61. The highest BCUT2D eigenvalue weighted by Gasteiger charge is 2.39. The lowest BCUT2D eigenvalue weighted by Crippen LogP contribution is -2.47. The number of hydrogen-bond donors (Lipinski definition) is 1. The van der Waals surface area contributed by atoms with Crippen LogP contribution in [0.2, 0.25) is 5.02 Å². The number of fused-ring (bicyclic) bond motifs is 1. The molecule has 0 fully saturated rings. The zero-order valence-electron chi connectivity index (χ0n) is 16.4. The van der Waals surface area contributed by atoms with Crippen molar-refractivity contribution in [2.45, 2.75) is 30.2 Å². The van der Waals surface area contributed by atoms with Crippen molar-refractivity contribution in [3.8, 4) is 0 Å². The summed E-state index contributed by atoms with van der Waals surface area (Å²) in [5.74, 6) is -0.633. The Kier molecular flexibility index (Phi) is 6.46. The number of para-hydroxylation sites is 1. The van der Waals surface area contributed by atoms with Crippen LogP contribution in [0.3, 0.4) is 0 Å². The lowest BCUT2D eigenvalue weighted by atomic mass is 10.0. The molecule has 0 aliphatic carbocycles. The Morgan fingerprint density at radius 2 is 2.00 bits per heavy atom. The molecule has 2 heterocycles. The fraction of sp³-hybridized carbons (Fsp3) is 0.217. The summed E-state index contributed by atoms with van der Waals surface area (Å²) >= 11 is 9.20. The third-order valence-electron chi connectivity index (χ3n) is 5.03. The van der Waals surface area contributed by atoms with Gasteiger partial charge in [0.15, 0.2) is 0 Å². The quantitative estimate of drug-likeness (QED) is 0.543. The summed E-state index contributed by atoms with van der Waals surface area (Å²) in [6.45, 7) is 2.72. The number of nitrogens with zero attached hydrogens (tertiary/aromatic N) is 1. The van der Waals surface area contributed by atoms with Crippen molar-refractivity contribution in [1.82, 2.24) is 5.32 Å². The maximum atomic E-state index is 13.5. The maximum Gasteiger partial charge on any atom is 0.241 e. The molecular formula is C23H21ClN2O2S2. The molecule has 154 valence electrons. The van der Waals surface area contributed by atoms with E-state index in [4.69, 9.17) is 11.6 Å². The summed E-state index contributed by atoms with van der Waals surface area (Å²) < 4.78 is 0. The molecule has 3 aromatic rings. The molecule has 4 rings (SSSR count). The van der Waals surface area contributed by atoms with Gasteiger partial charge in [-0.2, -0.15) is 0 Å². The molecule has 0 bridgehead atoms. The number of carbonyl (C=O) groups is 2. The van der Waals surface area contributed by atoms with Crippen LogP contribution >= 0.6 is 34.7 Å². The van der Waals surface area contributed by atoms with E-state index in [1.807, 2.05) is 73.0 Å². The molecule has 0 spiro atoms. The smallest absolute Gasteiger partial charge is 0.241 e. The van der Waals surface area contributed by atoms with E-state index >= 15 is 0 Å². The van der Waals surface area contributed by atoms with Crippen molar-refractivity contribution >= 4 is 52.2 Å². The molecule has 7 heteroatoms. The van der Waals surface area contributed by atoms with Crippen LogP contribution in [-0.4, -0.2) is 17.1 Å². The van der Waals surface area contributed by atoms with Crippen LogP contribution in [0.25, 0.3) is 0 Å². The maximum absolute atomic E-state index is 13.5. The molecule has 1 aromatic heterocycles. The second kappa shape index (κ2) is 9.25. The fourth-order valence-corrected chi connectivity index (χ4v) is 5.57. The number of anilines is 1. The lowest BCUT2D eigenvalue weighted by Gasteiger charge is -2.35. The number of nitrogens with one attached hydrogen (secondary N) is 1. The molecule has 2 atom stereocenters. The topological polar surface area (TPSA) is 49.4 Å². The van der Waals surface area contributed by atoms with Gasteiger partial charge >= 0.3 is 0 Å². The summed E-state index contributed by atoms with van der Waals surface area (Å²) in [4.78, 5) is 30.1. The molecule has 30 heavy (non-hydrogen) atoms. The minimum absolute atomic E-state index is 0.0579. The fourth-order valence-electron chi connectivity index (χ4n) is 3.42. The van der Waals surface area contributed by atoms with Crippen LogP contribution in [0.4, 0.5) is 5.69 Å². The Labute approximate surface area is 189 Å². The second-order valence-corrected chi connectivity index (χ2v) is 9.80. The van der Waals surface area contributed by atoms with E-state index in [9.17, 15) is 9.59 Å². The predicted octanol–water partition coefficient (Wildman–Crippen LogP) is 5.36. The first-order chi connectivity index (χ1) is 14.5. The van der Waals surface area contributed by atoms with Gasteiger partial charge in [0.2, 0.25) is 11.8 Å². The average Bonchev–Trinajstić information content (AvgIpc) is 3.27. The predicted molar refractivity (Wildman–Crippen MR) is 124 cm³/mol. The Balaban J connectivity index is 1.55. The largest absolute Gasteiger partial charge is 0.351 e. The van der Waals surface area contributed by atoms with Crippen LogP contribution in [0.1, 0.15) is 17.4 Å². The molecule has 1 aliphatic heterocycles. The van der Waals surface area contributed by atoms with Gasteiger partial charge in [0, 0.05) is 14.8 Å². The lowest BCUT2D eigenvalue weighted by molar-refractivity contribution is -0.128. The average molecular weight is 457 g/mol. The van der Waals surface area contributed by atoms with Crippen molar-refractivity contribution in [1.29, 1.82) is 0 Å². The molecule has 0 unspecified atom stereocenters. The number of hydrogen-bond acceptors (Lipinski definition) is 4. The zero-order valence-corrected chi connectivity index (χ0v) is 18.8. The highest BCUT2D eigenvalue weighted by atomic mass is 35.5. The van der Waals surface area contributed by atoms with Crippen molar-refractivity contribution < 1.29 is 9.59 Å². The first-order valence-corrected chi connectivity index (χ1v) is 11.8. The van der Waals surface area contributed by atoms with Gasteiger partial charge in [-0.05, 0) is 41.3 Å². The van der Waals surface area contributed by atoms with Crippen molar-refractivity contribution in [3.63, 3.8) is 0 Å². The number of halogens is 1. The molecule has 1 aliphatic rings. The Morgan fingerprint density at radius 3 is 2.77 bits per heavy atom. The monoisotopic (exact) mass is 456 g/mol. The number of benzene rings is 2. The number of thioether (sulfide) groups is 1. The van der Waals surface area contributed by atoms with Gasteiger partial charge in [-0.1, -0.05) is 48.9 Å². The first-order valence-electron chi connectivity index (χ1n) is 9.64. The van der Waals surface area contributed by atoms with Crippen LogP contribution in [0, 0.1) is 5.92 Å². The summed E-state index contributed by atoms with van der Waals surface area (Å²) in [7, 11) is 0. The van der Waals surface area contributed by atoms with Gasteiger partial charge in [-0.3, -0.25) is 9.59 Å². The summed E-state index contributed by atoms with van der Waals surface area (Å²) in [6.07, 6.45) is 0. The van der Waals surface area contributed by atoms with Crippen molar-refractivity contribution in [3.05, 3.63) is 81.5 Å². The van der Waals surface area contributed by atoms with Crippen molar-refractivity contribution in [2.75, 3.05) is 4.90 Å². The molecule has 4 nitrogen and oxygen atoms in total.